The van der Waals surface area contributed by atoms with Crippen molar-refractivity contribution in [2.45, 2.75) is 19.9 Å². The van der Waals surface area contributed by atoms with Gasteiger partial charge < -0.3 is 5.73 Å². The highest BCUT2D eigenvalue weighted by Crippen LogP contribution is 2.24. The Bertz CT molecular complexity index is 549. The molecule has 0 amide bonds. The number of aryl methyl sites for hydroxylation is 1. The molecule has 0 aliphatic heterocycles. The van der Waals surface area contributed by atoms with E-state index in [1.807, 2.05) is 13.1 Å². The summed E-state index contributed by atoms with van der Waals surface area (Å²) in [6.45, 7) is 3.57. The van der Waals surface area contributed by atoms with Gasteiger partial charge in [-0.15, -0.1) is 0 Å². The van der Waals surface area contributed by atoms with Crippen LogP contribution >= 0.6 is 22.6 Å². The van der Waals surface area contributed by atoms with Gasteiger partial charge in [-0.05, 0) is 59.7 Å². The Balaban J connectivity index is 2.63. The summed E-state index contributed by atoms with van der Waals surface area (Å²) in [5.41, 5.74) is 8.05. The van der Waals surface area contributed by atoms with Gasteiger partial charge in [0.2, 0.25) is 0 Å². The lowest BCUT2D eigenvalue weighted by atomic mass is 10.0. The van der Waals surface area contributed by atoms with E-state index in [2.05, 4.69) is 27.7 Å². The normalized spacial score (nSPS) is 12.8. The summed E-state index contributed by atoms with van der Waals surface area (Å²) in [5, 5.41) is 4.23. The third-order valence-corrected chi connectivity index (χ3v) is 3.15. The summed E-state index contributed by atoms with van der Waals surface area (Å²) in [5.74, 6) is -0.233. The molecule has 2 N–H and O–H groups in total. The van der Waals surface area contributed by atoms with Gasteiger partial charge in [0, 0.05) is 12.2 Å². The highest BCUT2D eigenvalue weighted by Gasteiger charge is 2.13. The molecule has 1 atom stereocenters. The zero-order valence-electron chi connectivity index (χ0n) is 9.61. The molecule has 2 aromatic rings. The van der Waals surface area contributed by atoms with Gasteiger partial charge in [0.05, 0.1) is 15.5 Å². The molecule has 0 saturated heterocycles. The van der Waals surface area contributed by atoms with E-state index in [1.165, 1.54) is 6.07 Å². The van der Waals surface area contributed by atoms with Gasteiger partial charge in [0.25, 0.3) is 0 Å². The van der Waals surface area contributed by atoms with Gasteiger partial charge in [-0.2, -0.15) is 5.10 Å². The second-order valence-corrected chi connectivity index (χ2v) is 5.30. The topological polar surface area (TPSA) is 43.8 Å². The summed E-state index contributed by atoms with van der Waals surface area (Å²) in [6.07, 6.45) is 3.64. The molecule has 17 heavy (non-hydrogen) atoms. The lowest BCUT2D eigenvalue weighted by Gasteiger charge is -2.14. The monoisotopic (exact) mass is 345 g/mol. The second-order valence-electron chi connectivity index (χ2n) is 4.05. The van der Waals surface area contributed by atoms with Crippen LogP contribution in [0.2, 0.25) is 0 Å². The number of rotatable bonds is 2. The van der Waals surface area contributed by atoms with Gasteiger partial charge in [0.15, 0.2) is 0 Å². The van der Waals surface area contributed by atoms with Crippen molar-refractivity contribution in [2.75, 3.05) is 0 Å². The van der Waals surface area contributed by atoms with Crippen molar-refractivity contribution in [3.63, 3.8) is 0 Å². The smallest absolute Gasteiger partial charge is 0.126 e. The lowest BCUT2D eigenvalue weighted by Crippen LogP contribution is -2.11. The summed E-state index contributed by atoms with van der Waals surface area (Å²) in [7, 11) is 0. The summed E-state index contributed by atoms with van der Waals surface area (Å²) in [6, 6.07) is 3.03. The molecule has 0 radical (unpaired) electrons. The maximum absolute atomic E-state index is 13.6. The quantitative estimate of drug-likeness (QED) is 0.851. The van der Waals surface area contributed by atoms with Crippen molar-refractivity contribution in [3.05, 3.63) is 45.0 Å². The van der Waals surface area contributed by atoms with Crippen LogP contribution in [-0.2, 0) is 0 Å². The number of hydrogen-bond donors (Lipinski definition) is 1. The van der Waals surface area contributed by atoms with E-state index >= 15 is 0 Å². The summed E-state index contributed by atoms with van der Waals surface area (Å²) < 4.78 is 16.3. The fourth-order valence-corrected chi connectivity index (χ4v) is 2.07. The van der Waals surface area contributed by atoms with Gasteiger partial charge in [-0.1, -0.05) is 0 Å². The first-order chi connectivity index (χ1) is 7.99. The standard InChI is InChI=1S/C12H13FIN3/c1-7-3-12(17-6-9(14)5-16-17)10(8(2)15)4-11(7)13/h3-6,8H,15H2,1-2H3. The first-order valence-corrected chi connectivity index (χ1v) is 6.33. The van der Waals surface area contributed by atoms with Crippen LogP contribution in [0.15, 0.2) is 24.5 Å². The first-order valence-electron chi connectivity index (χ1n) is 5.25. The molecule has 3 nitrogen and oxygen atoms in total. The van der Waals surface area contributed by atoms with Crippen molar-refractivity contribution in [2.24, 2.45) is 5.73 Å². The molecule has 0 aliphatic carbocycles. The average molecular weight is 345 g/mol. The van der Waals surface area contributed by atoms with Gasteiger partial charge in [0.1, 0.15) is 5.82 Å². The molecule has 0 fully saturated rings. The van der Waals surface area contributed by atoms with Crippen molar-refractivity contribution < 1.29 is 4.39 Å². The predicted molar refractivity (Wildman–Crippen MR) is 73.6 cm³/mol. The highest BCUT2D eigenvalue weighted by molar-refractivity contribution is 14.1. The SMILES string of the molecule is Cc1cc(-n2cc(I)cn2)c(C(C)N)cc1F. The van der Waals surface area contributed by atoms with Crippen LogP contribution in [0.1, 0.15) is 24.1 Å². The minimum atomic E-state index is -0.234. The van der Waals surface area contributed by atoms with Gasteiger partial charge in [-0.3, -0.25) is 0 Å². The van der Waals surface area contributed by atoms with Gasteiger partial charge >= 0.3 is 0 Å². The maximum atomic E-state index is 13.6. The number of halogens is 2. The molecule has 1 aromatic carbocycles. The molecule has 5 heteroatoms. The van der Waals surface area contributed by atoms with E-state index in [1.54, 1.807) is 23.9 Å². The third kappa shape index (κ3) is 2.50. The van der Waals surface area contributed by atoms with E-state index in [0.29, 0.717) is 5.56 Å². The van der Waals surface area contributed by atoms with Crippen molar-refractivity contribution in [1.29, 1.82) is 0 Å². The van der Waals surface area contributed by atoms with Crippen LogP contribution in [0.3, 0.4) is 0 Å². The largest absolute Gasteiger partial charge is 0.324 e. The molecule has 0 spiro atoms. The molecule has 1 unspecified atom stereocenters. The van der Waals surface area contributed by atoms with E-state index in [4.69, 9.17) is 5.73 Å². The number of nitrogens with zero attached hydrogens (tertiary/aromatic N) is 2. The van der Waals surface area contributed by atoms with E-state index in [-0.39, 0.29) is 11.9 Å². The Hall–Kier alpha value is -0.950. The van der Waals surface area contributed by atoms with Crippen molar-refractivity contribution in [1.82, 2.24) is 9.78 Å². The Kier molecular flexibility index (Phi) is 3.48. The molecule has 0 saturated carbocycles. The highest BCUT2D eigenvalue weighted by atomic mass is 127. The fourth-order valence-electron chi connectivity index (χ4n) is 1.68. The van der Waals surface area contributed by atoms with Crippen LogP contribution < -0.4 is 5.73 Å². The molecular weight excluding hydrogens is 332 g/mol. The van der Waals surface area contributed by atoms with E-state index in [0.717, 1.165) is 14.8 Å². The first kappa shape index (κ1) is 12.5. The molecule has 90 valence electrons. The fraction of sp³-hybridized carbons (Fsp3) is 0.250. The molecule has 0 bridgehead atoms. The molecule has 1 heterocycles. The molecular formula is C12H13FIN3. The van der Waals surface area contributed by atoms with Crippen LogP contribution in [0.5, 0.6) is 0 Å². The molecule has 0 aliphatic rings. The summed E-state index contributed by atoms with van der Waals surface area (Å²) >= 11 is 2.18. The Morgan fingerprint density at radius 3 is 2.71 bits per heavy atom. The lowest BCUT2D eigenvalue weighted by molar-refractivity contribution is 0.611. The zero-order valence-corrected chi connectivity index (χ0v) is 11.8. The van der Waals surface area contributed by atoms with E-state index < -0.39 is 0 Å². The minimum absolute atomic E-state index is 0.233. The van der Waals surface area contributed by atoms with Crippen LogP contribution in [-0.4, -0.2) is 9.78 Å². The van der Waals surface area contributed by atoms with Crippen molar-refractivity contribution >= 4 is 22.6 Å². The molecule has 1 aromatic heterocycles. The van der Waals surface area contributed by atoms with E-state index in [9.17, 15) is 4.39 Å². The Labute approximate surface area is 113 Å². The van der Waals surface area contributed by atoms with Crippen molar-refractivity contribution in [3.8, 4) is 5.69 Å². The minimum Gasteiger partial charge on any atom is -0.324 e. The van der Waals surface area contributed by atoms with Crippen LogP contribution in [0, 0.1) is 16.3 Å². The third-order valence-electron chi connectivity index (χ3n) is 2.60. The average Bonchev–Trinajstić information content (AvgIpc) is 2.68. The number of nitrogens with two attached hydrogens (primary N) is 1. The number of aromatic nitrogens is 2. The second kappa shape index (κ2) is 4.73. The van der Waals surface area contributed by atoms with Crippen LogP contribution in [0.4, 0.5) is 4.39 Å². The number of hydrogen-bond acceptors (Lipinski definition) is 2. The summed E-state index contributed by atoms with van der Waals surface area (Å²) in [4.78, 5) is 0. The van der Waals surface area contributed by atoms with Crippen LogP contribution in [0.25, 0.3) is 5.69 Å². The molecule has 2 rings (SSSR count). The Morgan fingerprint density at radius 2 is 2.18 bits per heavy atom. The zero-order chi connectivity index (χ0) is 12.6. The Morgan fingerprint density at radius 1 is 1.47 bits per heavy atom. The predicted octanol–water partition coefficient (Wildman–Crippen LogP) is 2.94. The maximum Gasteiger partial charge on any atom is 0.126 e. The number of benzene rings is 1. The van der Waals surface area contributed by atoms with Gasteiger partial charge in [-0.25, -0.2) is 9.07 Å².